The summed E-state index contributed by atoms with van der Waals surface area (Å²) in [7, 11) is 0. The molecule has 0 aliphatic rings. The van der Waals surface area contributed by atoms with Crippen LogP contribution >= 0.6 is 75.8 Å². The lowest BCUT2D eigenvalue weighted by Crippen LogP contribution is -2.37. The quantitative estimate of drug-likeness (QED) is 0.281. The zero-order chi connectivity index (χ0) is 14.9. The second-order valence-corrected chi connectivity index (χ2v) is 8.60. The maximum Gasteiger partial charge on any atom is 0.0249 e. The standard InChI is InChI=1S/C13H28S6/c1-10(18)13(19,6-11(8-16)2-4-14)7-12(9-17)3-5-15/h10-12,14-19H,2-9H2,1H3. The van der Waals surface area contributed by atoms with Crippen molar-refractivity contribution in [3.8, 4) is 0 Å². The van der Waals surface area contributed by atoms with Crippen LogP contribution in [0.4, 0.5) is 0 Å². The van der Waals surface area contributed by atoms with E-state index in [2.05, 4.69) is 70.1 Å². The second kappa shape index (κ2) is 11.6. The van der Waals surface area contributed by atoms with Crippen LogP contribution in [0.2, 0.25) is 0 Å². The molecule has 0 aliphatic heterocycles. The lowest BCUT2D eigenvalue weighted by atomic mass is 9.83. The first-order valence-corrected chi connectivity index (χ1v) is 10.3. The summed E-state index contributed by atoms with van der Waals surface area (Å²) in [6, 6.07) is 0. The average Bonchev–Trinajstić information content (AvgIpc) is 2.37. The number of hydrogen-bond donors (Lipinski definition) is 6. The highest BCUT2D eigenvalue weighted by Crippen LogP contribution is 2.39. The van der Waals surface area contributed by atoms with Crippen LogP contribution in [0.3, 0.4) is 0 Å². The van der Waals surface area contributed by atoms with Gasteiger partial charge in [-0.15, -0.1) is 0 Å². The molecule has 19 heavy (non-hydrogen) atoms. The SMILES string of the molecule is CC(S)C(S)(CC(CS)CCS)CC(CS)CCS. The third-order valence-electron chi connectivity index (χ3n) is 3.65. The van der Waals surface area contributed by atoms with Crippen molar-refractivity contribution in [2.45, 2.75) is 42.6 Å². The van der Waals surface area contributed by atoms with Gasteiger partial charge in [0, 0.05) is 10.00 Å². The smallest absolute Gasteiger partial charge is 0.0249 e. The molecule has 0 aromatic rings. The van der Waals surface area contributed by atoms with Gasteiger partial charge in [0.05, 0.1) is 0 Å². The average molecular weight is 377 g/mol. The molecule has 0 fully saturated rings. The van der Waals surface area contributed by atoms with Crippen LogP contribution in [0, 0.1) is 11.8 Å². The van der Waals surface area contributed by atoms with Gasteiger partial charge in [0.15, 0.2) is 0 Å². The minimum atomic E-state index is -0.0597. The van der Waals surface area contributed by atoms with Crippen molar-refractivity contribution < 1.29 is 0 Å². The normalized spacial score (nSPS) is 19.7. The Morgan fingerprint density at radius 2 is 1.21 bits per heavy atom. The number of hydrogen-bond acceptors (Lipinski definition) is 6. The highest BCUT2D eigenvalue weighted by Gasteiger charge is 2.34. The summed E-state index contributed by atoms with van der Waals surface area (Å²) in [6.45, 7) is 2.14. The molecule has 0 heterocycles. The fraction of sp³-hybridized carbons (Fsp3) is 1.00. The van der Waals surface area contributed by atoms with E-state index in [1.165, 1.54) is 0 Å². The molecule has 0 radical (unpaired) electrons. The van der Waals surface area contributed by atoms with Gasteiger partial charge in [0.2, 0.25) is 0 Å². The molecule has 0 nitrogen and oxygen atoms in total. The Labute approximate surface area is 152 Å². The van der Waals surface area contributed by atoms with Crippen molar-refractivity contribution in [3.05, 3.63) is 0 Å². The van der Waals surface area contributed by atoms with E-state index in [4.69, 9.17) is 12.6 Å². The van der Waals surface area contributed by atoms with E-state index < -0.39 is 0 Å². The Morgan fingerprint density at radius 3 is 1.42 bits per heavy atom. The lowest BCUT2D eigenvalue weighted by Gasteiger charge is -2.38. The number of rotatable bonds is 11. The van der Waals surface area contributed by atoms with Crippen LogP contribution < -0.4 is 0 Å². The third-order valence-corrected chi connectivity index (χ3v) is 6.65. The summed E-state index contributed by atoms with van der Waals surface area (Å²) in [6.07, 6.45) is 4.27. The summed E-state index contributed by atoms with van der Waals surface area (Å²) >= 11 is 27.3. The third kappa shape index (κ3) is 8.34. The molecule has 6 heteroatoms. The van der Waals surface area contributed by atoms with Crippen LogP contribution in [-0.2, 0) is 0 Å². The first kappa shape index (κ1) is 21.1. The monoisotopic (exact) mass is 376 g/mol. The summed E-state index contributed by atoms with van der Waals surface area (Å²) in [5.41, 5.74) is 0. The first-order chi connectivity index (χ1) is 8.93. The molecule has 0 saturated carbocycles. The van der Waals surface area contributed by atoms with Crippen molar-refractivity contribution in [2.75, 3.05) is 23.0 Å². The summed E-state index contributed by atoms with van der Waals surface area (Å²) < 4.78 is -0.0597. The molecule has 0 bridgehead atoms. The maximum atomic E-state index is 4.99. The molecule has 0 spiro atoms. The minimum absolute atomic E-state index is 0.0597. The van der Waals surface area contributed by atoms with E-state index in [0.29, 0.717) is 11.8 Å². The molecule has 3 atom stereocenters. The second-order valence-electron chi connectivity index (χ2n) is 5.31. The largest absolute Gasteiger partial charge is 0.179 e. The molecule has 0 rings (SSSR count). The first-order valence-electron chi connectivity index (χ1n) is 6.77. The van der Waals surface area contributed by atoms with Gasteiger partial charge >= 0.3 is 0 Å². The Bertz CT molecular complexity index is 205. The van der Waals surface area contributed by atoms with Gasteiger partial charge in [-0.2, -0.15) is 75.8 Å². The molecule has 0 amide bonds. The maximum absolute atomic E-state index is 4.99. The van der Waals surface area contributed by atoms with Gasteiger partial charge in [-0.3, -0.25) is 0 Å². The van der Waals surface area contributed by atoms with Gasteiger partial charge in [-0.1, -0.05) is 6.92 Å². The molecular formula is C13H28S6. The Kier molecular flexibility index (Phi) is 12.9. The van der Waals surface area contributed by atoms with Crippen molar-refractivity contribution in [3.63, 3.8) is 0 Å². The van der Waals surface area contributed by atoms with Crippen molar-refractivity contribution >= 4 is 75.8 Å². The van der Waals surface area contributed by atoms with Gasteiger partial charge in [0.1, 0.15) is 0 Å². The molecule has 0 aromatic heterocycles. The van der Waals surface area contributed by atoms with Crippen LogP contribution in [0.15, 0.2) is 0 Å². The fourth-order valence-corrected chi connectivity index (χ4v) is 4.39. The van der Waals surface area contributed by atoms with E-state index >= 15 is 0 Å². The van der Waals surface area contributed by atoms with Crippen LogP contribution in [0.1, 0.15) is 32.6 Å². The van der Waals surface area contributed by atoms with E-state index in [9.17, 15) is 0 Å². The molecule has 116 valence electrons. The highest BCUT2D eigenvalue weighted by molar-refractivity contribution is 7.85. The van der Waals surface area contributed by atoms with Crippen molar-refractivity contribution in [2.24, 2.45) is 11.8 Å². The Balaban J connectivity index is 4.72. The summed E-state index contributed by atoms with van der Waals surface area (Å²) in [5.74, 6) is 4.71. The van der Waals surface area contributed by atoms with Crippen molar-refractivity contribution in [1.29, 1.82) is 0 Å². The molecule has 0 aromatic carbocycles. The molecule has 0 saturated heterocycles. The van der Waals surface area contributed by atoms with E-state index in [1.54, 1.807) is 0 Å². The molecule has 0 aliphatic carbocycles. The zero-order valence-electron chi connectivity index (χ0n) is 11.6. The van der Waals surface area contributed by atoms with Gasteiger partial charge < -0.3 is 0 Å². The Morgan fingerprint density at radius 1 is 0.842 bits per heavy atom. The minimum Gasteiger partial charge on any atom is -0.179 e. The van der Waals surface area contributed by atoms with E-state index in [0.717, 1.165) is 48.7 Å². The lowest BCUT2D eigenvalue weighted by molar-refractivity contribution is 0.356. The van der Waals surface area contributed by atoms with Crippen LogP contribution in [0.5, 0.6) is 0 Å². The molecule has 0 N–H and O–H groups in total. The van der Waals surface area contributed by atoms with Crippen molar-refractivity contribution in [1.82, 2.24) is 0 Å². The highest BCUT2D eigenvalue weighted by atomic mass is 32.1. The molecule has 3 unspecified atom stereocenters. The van der Waals surface area contributed by atoms with Gasteiger partial charge in [0.25, 0.3) is 0 Å². The van der Waals surface area contributed by atoms with Gasteiger partial charge in [-0.25, -0.2) is 0 Å². The summed E-state index contributed by atoms with van der Waals surface area (Å²) in [4.78, 5) is 0. The summed E-state index contributed by atoms with van der Waals surface area (Å²) in [5, 5.41) is 0.250. The Hall–Kier alpha value is 2.10. The zero-order valence-corrected chi connectivity index (χ0v) is 16.9. The van der Waals surface area contributed by atoms with E-state index in [-0.39, 0.29) is 10.00 Å². The van der Waals surface area contributed by atoms with E-state index in [1.807, 2.05) is 0 Å². The molecular weight excluding hydrogens is 349 g/mol. The topological polar surface area (TPSA) is 0 Å². The van der Waals surface area contributed by atoms with Gasteiger partial charge in [-0.05, 0) is 60.5 Å². The predicted molar refractivity (Wildman–Crippen MR) is 111 cm³/mol. The predicted octanol–water partition coefficient (Wildman–Crippen LogP) is 4.49. The van der Waals surface area contributed by atoms with Crippen LogP contribution in [0.25, 0.3) is 0 Å². The fourth-order valence-electron chi connectivity index (χ4n) is 2.31. The number of thiol groups is 6. The van der Waals surface area contributed by atoms with Crippen LogP contribution in [-0.4, -0.2) is 33.0 Å².